The quantitative estimate of drug-likeness (QED) is 0.519. The summed E-state index contributed by atoms with van der Waals surface area (Å²) in [4.78, 5) is 4.94. The average molecular weight is 213 g/mol. The van der Waals surface area contributed by atoms with Gasteiger partial charge in [0.2, 0.25) is 0 Å². The van der Waals surface area contributed by atoms with Crippen LogP contribution in [0.2, 0.25) is 0 Å². The van der Waals surface area contributed by atoms with Gasteiger partial charge in [-0.3, -0.25) is 15.1 Å². The third-order valence-corrected chi connectivity index (χ3v) is 3.09. The summed E-state index contributed by atoms with van der Waals surface area (Å²) in [6, 6.07) is 0. The predicted molar refractivity (Wildman–Crippen MR) is 61.8 cm³/mol. The first-order chi connectivity index (χ1) is 7.45. The Morgan fingerprint density at radius 3 is 1.53 bits per heavy atom. The monoisotopic (exact) mass is 213 g/mol. The van der Waals surface area contributed by atoms with Crippen LogP contribution in [0.25, 0.3) is 0 Å². The zero-order valence-corrected chi connectivity index (χ0v) is 9.47. The van der Waals surface area contributed by atoms with Crippen molar-refractivity contribution in [3.05, 3.63) is 0 Å². The Labute approximate surface area is 92.2 Å². The molecule has 2 aliphatic heterocycles. The van der Waals surface area contributed by atoms with Crippen molar-refractivity contribution in [2.75, 3.05) is 65.7 Å². The molecule has 88 valence electrons. The Kier molecular flexibility index (Phi) is 4.82. The van der Waals surface area contributed by atoms with Gasteiger partial charge in [-0.05, 0) is 0 Å². The lowest BCUT2D eigenvalue weighted by Gasteiger charge is -2.31. The number of hydrogen-bond donors (Lipinski definition) is 3. The van der Waals surface area contributed by atoms with Crippen molar-refractivity contribution in [2.24, 2.45) is 0 Å². The molecule has 0 atom stereocenters. The van der Waals surface area contributed by atoms with Crippen LogP contribution in [0.4, 0.5) is 0 Å². The van der Waals surface area contributed by atoms with E-state index < -0.39 is 0 Å². The Bertz CT molecular complexity index is 145. The van der Waals surface area contributed by atoms with Gasteiger partial charge in [0.1, 0.15) is 0 Å². The Balaban J connectivity index is 1.53. The maximum absolute atomic E-state index is 3.52. The molecular weight excluding hydrogens is 190 g/mol. The van der Waals surface area contributed by atoms with E-state index in [1.54, 1.807) is 0 Å². The first kappa shape index (κ1) is 11.3. The molecule has 0 spiro atoms. The molecule has 0 saturated carbocycles. The zero-order valence-electron chi connectivity index (χ0n) is 9.47. The number of nitrogens with zero attached hydrogens (tertiary/aromatic N) is 2. The molecule has 5 heteroatoms. The van der Waals surface area contributed by atoms with Gasteiger partial charge in [0.15, 0.2) is 0 Å². The van der Waals surface area contributed by atoms with Gasteiger partial charge in [-0.15, -0.1) is 0 Å². The van der Waals surface area contributed by atoms with Crippen LogP contribution in [0.3, 0.4) is 0 Å². The zero-order chi connectivity index (χ0) is 10.3. The average Bonchev–Trinajstić information content (AvgIpc) is 2.32. The van der Waals surface area contributed by atoms with E-state index in [0.717, 1.165) is 39.5 Å². The van der Waals surface area contributed by atoms with E-state index in [9.17, 15) is 0 Å². The van der Waals surface area contributed by atoms with E-state index in [4.69, 9.17) is 0 Å². The molecule has 0 aromatic carbocycles. The van der Waals surface area contributed by atoms with Gasteiger partial charge in [-0.2, -0.15) is 0 Å². The van der Waals surface area contributed by atoms with Crippen molar-refractivity contribution < 1.29 is 0 Å². The van der Waals surface area contributed by atoms with Crippen LogP contribution in [0.1, 0.15) is 0 Å². The SMILES string of the molecule is C1CN(CNCN2CCNCC2)CCN1. The highest BCUT2D eigenvalue weighted by molar-refractivity contribution is 4.69. The van der Waals surface area contributed by atoms with Crippen molar-refractivity contribution in [2.45, 2.75) is 0 Å². The Hall–Kier alpha value is -0.200. The number of hydrogen-bond acceptors (Lipinski definition) is 5. The van der Waals surface area contributed by atoms with Gasteiger partial charge in [-0.25, -0.2) is 0 Å². The third kappa shape index (κ3) is 4.04. The normalized spacial score (nSPS) is 25.6. The summed E-state index contributed by atoms with van der Waals surface area (Å²) in [6.07, 6.45) is 0. The minimum atomic E-state index is 1.03. The lowest BCUT2D eigenvalue weighted by atomic mass is 10.4. The fourth-order valence-corrected chi connectivity index (χ4v) is 2.10. The van der Waals surface area contributed by atoms with Crippen molar-refractivity contribution in [3.8, 4) is 0 Å². The molecule has 2 rings (SSSR count). The molecule has 2 aliphatic rings. The van der Waals surface area contributed by atoms with Crippen molar-refractivity contribution in [1.29, 1.82) is 0 Å². The molecular formula is C10H23N5. The molecule has 0 aromatic heterocycles. The van der Waals surface area contributed by atoms with Crippen LogP contribution in [-0.2, 0) is 0 Å². The standard InChI is InChI=1S/C10H23N5/c1-5-14(6-2-11-1)9-13-10-15-7-3-12-4-8-15/h11-13H,1-10H2. The lowest BCUT2D eigenvalue weighted by molar-refractivity contribution is 0.177. The predicted octanol–water partition coefficient (Wildman–Crippen LogP) is -1.70. The van der Waals surface area contributed by atoms with E-state index >= 15 is 0 Å². The Morgan fingerprint density at radius 1 is 0.733 bits per heavy atom. The van der Waals surface area contributed by atoms with Gasteiger partial charge in [0.25, 0.3) is 0 Å². The fourth-order valence-electron chi connectivity index (χ4n) is 2.10. The molecule has 5 nitrogen and oxygen atoms in total. The highest BCUT2D eigenvalue weighted by atomic mass is 15.3. The summed E-state index contributed by atoms with van der Waals surface area (Å²) < 4.78 is 0. The van der Waals surface area contributed by atoms with Gasteiger partial charge in [-0.1, -0.05) is 0 Å². The summed E-state index contributed by atoms with van der Waals surface area (Å²) in [7, 11) is 0. The first-order valence-corrected chi connectivity index (χ1v) is 6.02. The van der Waals surface area contributed by atoms with Crippen LogP contribution < -0.4 is 16.0 Å². The van der Waals surface area contributed by atoms with E-state index in [-0.39, 0.29) is 0 Å². The largest absolute Gasteiger partial charge is 0.314 e. The number of piperazine rings is 2. The first-order valence-electron chi connectivity index (χ1n) is 6.02. The number of nitrogens with one attached hydrogen (secondary N) is 3. The minimum Gasteiger partial charge on any atom is -0.314 e. The highest BCUT2D eigenvalue weighted by Crippen LogP contribution is 1.91. The van der Waals surface area contributed by atoms with E-state index in [0.29, 0.717) is 0 Å². The van der Waals surface area contributed by atoms with Crippen molar-refractivity contribution in [3.63, 3.8) is 0 Å². The Morgan fingerprint density at radius 2 is 1.13 bits per heavy atom. The third-order valence-electron chi connectivity index (χ3n) is 3.09. The summed E-state index contributed by atoms with van der Waals surface area (Å²) >= 11 is 0. The van der Waals surface area contributed by atoms with Gasteiger partial charge < -0.3 is 10.6 Å². The smallest absolute Gasteiger partial charge is 0.0491 e. The van der Waals surface area contributed by atoms with Crippen LogP contribution in [0.15, 0.2) is 0 Å². The molecule has 0 radical (unpaired) electrons. The van der Waals surface area contributed by atoms with E-state index in [2.05, 4.69) is 25.8 Å². The second-order valence-electron chi connectivity index (χ2n) is 4.30. The summed E-state index contributed by atoms with van der Waals surface area (Å²) in [5.74, 6) is 0. The summed E-state index contributed by atoms with van der Waals surface area (Å²) in [6.45, 7) is 11.3. The molecule has 2 saturated heterocycles. The minimum absolute atomic E-state index is 1.03. The molecule has 0 amide bonds. The van der Waals surface area contributed by atoms with Crippen LogP contribution in [0, 0.1) is 0 Å². The van der Waals surface area contributed by atoms with Crippen LogP contribution >= 0.6 is 0 Å². The molecule has 2 fully saturated rings. The second kappa shape index (κ2) is 6.40. The maximum Gasteiger partial charge on any atom is 0.0491 e. The summed E-state index contributed by atoms with van der Waals surface area (Å²) in [5, 5.41) is 10.3. The fraction of sp³-hybridized carbons (Fsp3) is 1.00. The molecule has 0 aromatic rings. The van der Waals surface area contributed by atoms with E-state index in [1.165, 1.54) is 26.2 Å². The molecule has 15 heavy (non-hydrogen) atoms. The van der Waals surface area contributed by atoms with E-state index in [1.807, 2.05) is 0 Å². The second-order valence-corrected chi connectivity index (χ2v) is 4.30. The molecule has 3 N–H and O–H groups in total. The van der Waals surface area contributed by atoms with Crippen molar-refractivity contribution in [1.82, 2.24) is 25.8 Å². The van der Waals surface area contributed by atoms with Gasteiger partial charge in [0.05, 0.1) is 0 Å². The number of rotatable bonds is 4. The molecule has 0 bridgehead atoms. The van der Waals surface area contributed by atoms with Gasteiger partial charge in [0, 0.05) is 65.7 Å². The highest BCUT2D eigenvalue weighted by Gasteiger charge is 2.11. The van der Waals surface area contributed by atoms with Crippen LogP contribution in [-0.4, -0.2) is 75.5 Å². The van der Waals surface area contributed by atoms with Crippen molar-refractivity contribution >= 4 is 0 Å². The summed E-state index contributed by atoms with van der Waals surface area (Å²) in [5.41, 5.74) is 0. The van der Waals surface area contributed by atoms with Gasteiger partial charge >= 0.3 is 0 Å². The molecule has 0 unspecified atom stereocenters. The molecule has 0 aliphatic carbocycles. The maximum atomic E-state index is 3.52. The molecule has 2 heterocycles. The lowest BCUT2D eigenvalue weighted by Crippen LogP contribution is -2.51. The topological polar surface area (TPSA) is 42.6 Å². The van der Waals surface area contributed by atoms with Crippen LogP contribution in [0.5, 0.6) is 0 Å².